The molecule has 0 N–H and O–H groups in total. The molecule has 19 rings (SSSR count). The summed E-state index contributed by atoms with van der Waals surface area (Å²) in [6.45, 7) is 0. The maximum absolute atomic E-state index is 6.43. The molecule has 0 aliphatic carbocycles. The van der Waals surface area contributed by atoms with Gasteiger partial charge in [-0.3, -0.25) is 0 Å². The van der Waals surface area contributed by atoms with Crippen molar-refractivity contribution in [2.75, 3.05) is 0 Å². The molecule has 8 heteroatoms. The lowest BCUT2D eigenvalue weighted by Crippen LogP contribution is -1.99. The molecular formula is C76H43N5O3. The number of nitrogens with zero attached hydrogens (tertiary/aromatic N) is 5. The molecule has 8 nitrogen and oxygen atoms in total. The van der Waals surface area contributed by atoms with Gasteiger partial charge in [0.2, 0.25) is 0 Å². The molecule has 0 fully saturated rings. The van der Waals surface area contributed by atoms with Gasteiger partial charge in [-0.15, -0.1) is 0 Å². The van der Waals surface area contributed by atoms with Gasteiger partial charge in [-0.2, -0.15) is 0 Å². The molecule has 0 radical (unpaired) electrons. The van der Waals surface area contributed by atoms with Crippen LogP contribution in [0.5, 0.6) is 0 Å². The van der Waals surface area contributed by atoms with Gasteiger partial charge in [0.25, 0.3) is 0 Å². The second kappa shape index (κ2) is 17.0. The molecule has 19 aromatic rings. The molecule has 0 aliphatic rings. The van der Waals surface area contributed by atoms with Crippen LogP contribution < -0.4 is 0 Å². The quantitative estimate of drug-likeness (QED) is 0.166. The van der Waals surface area contributed by atoms with E-state index in [1.807, 2.05) is 36.4 Å². The fraction of sp³-hybridized carbons (Fsp3) is 0. The second-order valence-corrected chi connectivity index (χ2v) is 22.0. The molecule has 84 heavy (non-hydrogen) atoms. The molecule has 7 aromatic heterocycles. The van der Waals surface area contributed by atoms with Crippen LogP contribution in [0.15, 0.2) is 274 Å². The number of hydrogen-bond acceptors (Lipinski definition) is 5. The first-order valence-corrected chi connectivity index (χ1v) is 28.4. The lowest BCUT2D eigenvalue weighted by molar-refractivity contribution is 0.669. The van der Waals surface area contributed by atoms with Crippen molar-refractivity contribution in [1.29, 1.82) is 0 Å². The van der Waals surface area contributed by atoms with Gasteiger partial charge in [-0.05, 0) is 115 Å². The minimum Gasteiger partial charge on any atom is -0.456 e. The van der Waals surface area contributed by atoms with E-state index in [0.29, 0.717) is 5.82 Å². The Morgan fingerprint density at radius 1 is 0.226 bits per heavy atom. The van der Waals surface area contributed by atoms with E-state index in [4.69, 9.17) is 23.2 Å². The van der Waals surface area contributed by atoms with Crippen LogP contribution in [-0.4, -0.2) is 23.7 Å². The summed E-state index contributed by atoms with van der Waals surface area (Å²) < 4.78 is 26.3. The van der Waals surface area contributed by atoms with Gasteiger partial charge < -0.3 is 27.0 Å². The van der Waals surface area contributed by atoms with Gasteiger partial charge in [-0.25, -0.2) is 9.97 Å². The van der Waals surface area contributed by atoms with Crippen LogP contribution in [0.4, 0.5) is 0 Å². The lowest BCUT2D eigenvalue weighted by Gasteiger charge is -2.13. The third kappa shape index (κ3) is 6.36. The normalized spacial score (nSPS) is 12.3. The van der Waals surface area contributed by atoms with Crippen LogP contribution in [0.2, 0.25) is 0 Å². The zero-order valence-corrected chi connectivity index (χ0v) is 44.8. The van der Waals surface area contributed by atoms with Crippen LogP contribution >= 0.6 is 0 Å². The summed E-state index contributed by atoms with van der Waals surface area (Å²) in [6, 6.07) is 92.3. The molecule has 0 saturated heterocycles. The standard InChI is InChI=1S/C76H43N5O3/c1-7-22-58-50(16-1)70-61(36-39-67-73(70)53-19-4-10-25-64(53)82-67)79(58)47-32-28-44(29-33-47)56-43-57(45-30-34-48(35-31-45)80-59-23-8-2-17-51(59)71-62(80)37-40-68-74(71)54-20-5-11-26-65(54)83-68)78-76(77-56)46-14-13-15-49(42-46)81-60-24-9-3-18-52(60)72-63(81)38-41-69-75(72)55-21-6-12-27-66(55)84-69/h1-43H. The Balaban J connectivity index is 0.778. The summed E-state index contributed by atoms with van der Waals surface area (Å²) in [5.74, 6) is 0.624. The minimum atomic E-state index is 0.624. The van der Waals surface area contributed by atoms with Gasteiger partial charge in [0, 0.05) is 98.4 Å². The molecule has 0 amide bonds. The van der Waals surface area contributed by atoms with Gasteiger partial charge in [0.15, 0.2) is 5.82 Å². The van der Waals surface area contributed by atoms with E-state index in [1.54, 1.807) is 0 Å². The number of para-hydroxylation sites is 6. The highest BCUT2D eigenvalue weighted by molar-refractivity contribution is 6.30. The molecule has 0 aliphatic heterocycles. The van der Waals surface area contributed by atoms with Crippen molar-refractivity contribution in [3.63, 3.8) is 0 Å². The third-order valence-electron chi connectivity index (χ3n) is 17.5. The van der Waals surface area contributed by atoms with Crippen molar-refractivity contribution < 1.29 is 13.3 Å². The zero-order valence-electron chi connectivity index (χ0n) is 44.8. The van der Waals surface area contributed by atoms with E-state index in [0.717, 1.165) is 149 Å². The summed E-state index contributed by atoms with van der Waals surface area (Å²) in [5.41, 5.74) is 19.6. The average Bonchev–Trinajstić information content (AvgIpc) is 3.78. The number of fused-ring (bicyclic) bond motifs is 21. The monoisotopic (exact) mass is 1070 g/mol. The average molecular weight is 1070 g/mol. The van der Waals surface area contributed by atoms with Crippen LogP contribution in [0.25, 0.3) is 182 Å². The minimum absolute atomic E-state index is 0.624. The predicted octanol–water partition coefficient (Wildman–Crippen LogP) is 20.5. The summed E-state index contributed by atoms with van der Waals surface area (Å²) >= 11 is 0. The van der Waals surface area contributed by atoms with Crippen LogP contribution in [0, 0.1) is 0 Å². The van der Waals surface area contributed by atoms with E-state index in [-0.39, 0.29) is 0 Å². The Labute approximate surface area is 477 Å². The summed E-state index contributed by atoms with van der Waals surface area (Å²) in [7, 11) is 0. The fourth-order valence-electron chi connectivity index (χ4n) is 13.9. The predicted molar refractivity (Wildman–Crippen MR) is 343 cm³/mol. The Morgan fingerprint density at radius 2 is 0.583 bits per heavy atom. The Bertz CT molecular complexity index is 5740. The fourth-order valence-corrected chi connectivity index (χ4v) is 13.9. The molecule has 12 aromatic carbocycles. The Kier molecular flexibility index (Phi) is 9.18. The third-order valence-corrected chi connectivity index (χ3v) is 17.5. The maximum Gasteiger partial charge on any atom is 0.160 e. The SMILES string of the molecule is c1cc(-c2nc(-c3ccc(-n4c5ccccc5c5c6c(ccc54)oc4ccccc46)cc3)cc(-c3ccc(-n4c5ccccc5c5c6c(ccc54)oc4ccccc46)cc3)n2)cc(-n2c3ccccc3c3c4c(ccc32)oc2ccccc24)c1. The van der Waals surface area contributed by atoms with Crippen molar-refractivity contribution in [3.8, 4) is 51.0 Å². The van der Waals surface area contributed by atoms with Crippen molar-refractivity contribution >= 4 is 131 Å². The van der Waals surface area contributed by atoms with Crippen LogP contribution in [0.1, 0.15) is 0 Å². The number of furan rings is 3. The molecule has 0 atom stereocenters. The van der Waals surface area contributed by atoms with Crippen molar-refractivity contribution in [1.82, 2.24) is 23.7 Å². The van der Waals surface area contributed by atoms with Gasteiger partial charge in [0.1, 0.15) is 33.5 Å². The van der Waals surface area contributed by atoms with E-state index < -0.39 is 0 Å². The van der Waals surface area contributed by atoms with E-state index in [1.165, 1.54) is 26.9 Å². The molecule has 0 spiro atoms. The first kappa shape index (κ1) is 45.3. The van der Waals surface area contributed by atoms with E-state index >= 15 is 0 Å². The van der Waals surface area contributed by atoms with E-state index in [2.05, 4.69) is 238 Å². The topological polar surface area (TPSA) is 80.0 Å². The number of benzene rings is 12. The molecule has 0 bridgehead atoms. The maximum atomic E-state index is 6.43. The summed E-state index contributed by atoms with van der Waals surface area (Å²) in [4.78, 5) is 10.9. The zero-order chi connectivity index (χ0) is 54.7. The largest absolute Gasteiger partial charge is 0.456 e. The molecule has 390 valence electrons. The second-order valence-electron chi connectivity index (χ2n) is 22.0. The van der Waals surface area contributed by atoms with Gasteiger partial charge >= 0.3 is 0 Å². The molecule has 7 heterocycles. The lowest BCUT2D eigenvalue weighted by atomic mass is 10.1. The first-order valence-electron chi connectivity index (χ1n) is 28.4. The number of rotatable bonds is 6. The van der Waals surface area contributed by atoms with Crippen molar-refractivity contribution in [2.24, 2.45) is 0 Å². The number of hydrogen-bond donors (Lipinski definition) is 0. The molecule has 0 unspecified atom stereocenters. The smallest absolute Gasteiger partial charge is 0.160 e. The summed E-state index contributed by atoms with van der Waals surface area (Å²) in [6.07, 6.45) is 0. The first-order chi connectivity index (χ1) is 41.6. The van der Waals surface area contributed by atoms with Crippen molar-refractivity contribution in [3.05, 3.63) is 261 Å². The molecular weight excluding hydrogens is 1030 g/mol. The van der Waals surface area contributed by atoms with Crippen LogP contribution in [-0.2, 0) is 0 Å². The highest BCUT2D eigenvalue weighted by Gasteiger charge is 2.23. The van der Waals surface area contributed by atoms with Crippen molar-refractivity contribution in [2.45, 2.75) is 0 Å². The highest BCUT2D eigenvalue weighted by Crippen LogP contribution is 2.45. The summed E-state index contributed by atoms with van der Waals surface area (Å²) in [5, 5.41) is 13.8. The Hall–Kier alpha value is -11.5. The van der Waals surface area contributed by atoms with Gasteiger partial charge in [0.05, 0.1) is 44.5 Å². The number of aromatic nitrogens is 5. The van der Waals surface area contributed by atoms with Crippen LogP contribution in [0.3, 0.4) is 0 Å². The Morgan fingerprint density at radius 3 is 0.988 bits per heavy atom. The molecule has 0 saturated carbocycles. The van der Waals surface area contributed by atoms with Gasteiger partial charge in [-0.1, -0.05) is 146 Å². The highest BCUT2D eigenvalue weighted by atomic mass is 16.3. The van der Waals surface area contributed by atoms with E-state index in [9.17, 15) is 0 Å².